The maximum atomic E-state index is 12.1. The fraction of sp³-hybridized carbons (Fsp3) is 0.333. The molecule has 0 radical (unpaired) electrons. The Morgan fingerprint density at radius 2 is 2.00 bits per heavy atom. The van der Waals surface area contributed by atoms with E-state index in [0.717, 1.165) is 11.3 Å². The molecular weight excluding hydrogens is 276 g/mol. The first-order chi connectivity index (χ1) is 9.65. The molecule has 0 fully saturated rings. The molecule has 0 unspecified atom stereocenters. The molecule has 0 atom stereocenters. The average Bonchev–Trinajstić information content (AvgIpc) is 2.47. The summed E-state index contributed by atoms with van der Waals surface area (Å²) in [5.41, 5.74) is 3.28. The van der Waals surface area contributed by atoms with Gasteiger partial charge in [0.1, 0.15) is 0 Å². The number of nitrogens with zero attached hydrogens (tertiary/aromatic N) is 2. The van der Waals surface area contributed by atoms with E-state index in [-0.39, 0.29) is 11.4 Å². The highest BCUT2D eigenvalue weighted by Crippen LogP contribution is 2.17. The van der Waals surface area contributed by atoms with Crippen LogP contribution in [0.4, 0.5) is 0 Å². The molecule has 1 aromatic carbocycles. The lowest BCUT2D eigenvalue weighted by Crippen LogP contribution is -2.27. The van der Waals surface area contributed by atoms with E-state index in [1.54, 1.807) is 13.2 Å². The van der Waals surface area contributed by atoms with E-state index < -0.39 is 0 Å². The van der Waals surface area contributed by atoms with Crippen molar-refractivity contribution >= 4 is 11.6 Å². The molecule has 0 spiro atoms. The van der Waals surface area contributed by atoms with Gasteiger partial charge in [-0.2, -0.15) is 5.10 Å². The summed E-state index contributed by atoms with van der Waals surface area (Å²) < 4.78 is 6.42. The van der Waals surface area contributed by atoms with E-state index >= 15 is 0 Å². The SMILES string of the molecule is COCCn1nc(-c2ccc(C)cc2)cc(CCl)c1=O. The summed E-state index contributed by atoms with van der Waals surface area (Å²) in [7, 11) is 1.59. The van der Waals surface area contributed by atoms with Gasteiger partial charge in [0.25, 0.3) is 5.56 Å². The molecule has 0 N–H and O–H groups in total. The lowest BCUT2D eigenvalue weighted by molar-refractivity contribution is 0.182. The van der Waals surface area contributed by atoms with E-state index in [9.17, 15) is 4.79 Å². The number of benzene rings is 1. The van der Waals surface area contributed by atoms with E-state index in [1.807, 2.05) is 31.2 Å². The number of aromatic nitrogens is 2. The molecule has 0 aliphatic rings. The summed E-state index contributed by atoms with van der Waals surface area (Å²) in [5, 5.41) is 4.38. The van der Waals surface area contributed by atoms with Crippen LogP contribution in [0.15, 0.2) is 35.1 Å². The topological polar surface area (TPSA) is 44.1 Å². The molecule has 1 aromatic heterocycles. The Balaban J connectivity index is 2.47. The van der Waals surface area contributed by atoms with Crippen molar-refractivity contribution in [3.05, 3.63) is 51.8 Å². The van der Waals surface area contributed by atoms with Crippen molar-refractivity contribution < 1.29 is 4.74 Å². The van der Waals surface area contributed by atoms with E-state index in [0.29, 0.717) is 18.7 Å². The van der Waals surface area contributed by atoms with Crippen LogP contribution in [0.25, 0.3) is 11.3 Å². The molecule has 0 aliphatic heterocycles. The second-order valence-electron chi connectivity index (χ2n) is 4.58. The molecule has 2 rings (SSSR count). The number of rotatable bonds is 5. The quantitative estimate of drug-likeness (QED) is 0.796. The first-order valence-corrected chi connectivity index (χ1v) is 6.92. The molecule has 2 aromatic rings. The summed E-state index contributed by atoms with van der Waals surface area (Å²) in [4.78, 5) is 12.1. The second kappa shape index (κ2) is 6.68. The zero-order valence-electron chi connectivity index (χ0n) is 11.6. The van der Waals surface area contributed by atoms with Crippen LogP contribution < -0.4 is 5.56 Å². The zero-order chi connectivity index (χ0) is 14.5. The minimum Gasteiger partial charge on any atom is -0.383 e. The van der Waals surface area contributed by atoms with Gasteiger partial charge >= 0.3 is 0 Å². The number of alkyl halides is 1. The molecule has 20 heavy (non-hydrogen) atoms. The van der Waals surface area contributed by atoms with Crippen LogP contribution in [-0.2, 0) is 17.2 Å². The second-order valence-corrected chi connectivity index (χ2v) is 4.84. The molecular formula is C15H17ClN2O2. The largest absolute Gasteiger partial charge is 0.383 e. The third-order valence-electron chi connectivity index (χ3n) is 3.05. The van der Waals surface area contributed by atoms with Gasteiger partial charge in [0.15, 0.2) is 0 Å². The fourth-order valence-electron chi connectivity index (χ4n) is 1.89. The Hall–Kier alpha value is -1.65. The van der Waals surface area contributed by atoms with Gasteiger partial charge in [-0.15, -0.1) is 11.6 Å². The molecule has 4 nitrogen and oxygen atoms in total. The smallest absolute Gasteiger partial charge is 0.271 e. The number of methoxy groups -OCH3 is 1. The Kier molecular flexibility index (Phi) is 4.93. The molecule has 5 heteroatoms. The fourth-order valence-corrected chi connectivity index (χ4v) is 2.08. The molecule has 106 valence electrons. The summed E-state index contributed by atoms with van der Waals surface area (Å²) >= 11 is 5.85. The summed E-state index contributed by atoms with van der Waals surface area (Å²) in [5.74, 6) is 0.174. The normalized spacial score (nSPS) is 10.8. The van der Waals surface area contributed by atoms with Gasteiger partial charge in [0.05, 0.1) is 24.7 Å². The summed E-state index contributed by atoms with van der Waals surface area (Å²) in [6.45, 7) is 2.88. The van der Waals surface area contributed by atoms with Gasteiger partial charge in [0, 0.05) is 18.2 Å². The Bertz CT molecular complexity index is 635. The van der Waals surface area contributed by atoms with E-state index in [2.05, 4.69) is 5.10 Å². The molecule has 0 amide bonds. The minimum absolute atomic E-state index is 0.159. The number of ether oxygens (including phenoxy) is 1. The van der Waals surface area contributed by atoms with Crippen LogP contribution in [0.5, 0.6) is 0 Å². The highest BCUT2D eigenvalue weighted by Gasteiger charge is 2.09. The molecule has 0 bridgehead atoms. The van der Waals surface area contributed by atoms with E-state index in [1.165, 1.54) is 10.2 Å². The molecule has 0 saturated heterocycles. The lowest BCUT2D eigenvalue weighted by Gasteiger charge is -2.09. The lowest BCUT2D eigenvalue weighted by atomic mass is 10.1. The predicted octanol–water partition coefficient (Wildman–Crippen LogP) is 2.60. The van der Waals surface area contributed by atoms with Crippen molar-refractivity contribution in [2.24, 2.45) is 0 Å². The third-order valence-corrected chi connectivity index (χ3v) is 3.33. The highest BCUT2D eigenvalue weighted by atomic mass is 35.5. The van der Waals surface area contributed by atoms with Crippen LogP contribution in [-0.4, -0.2) is 23.5 Å². The van der Waals surface area contributed by atoms with Gasteiger partial charge in [-0.1, -0.05) is 29.8 Å². The van der Waals surface area contributed by atoms with Gasteiger partial charge in [-0.3, -0.25) is 4.79 Å². The van der Waals surface area contributed by atoms with Crippen molar-refractivity contribution in [1.29, 1.82) is 0 Å². The van der Waals surface area contributed by atoms with E-state index in [4.69, 9.17) is 16.3 Å². The number of halogens is 1. The van der Waals surface area contributed by atoms with Crippen molar-refractivity contribution in [1.82, 2.24) is 9.78 Å². The predicted molar refractivity (Wildman–Crippen MR) is 80.1 cm³/mol. The monoisotopic (exact) mass is 292 g/mol. The van der Waals surface area contributed by atoms with Crippen LogP contribution in [0.3, 0.4) is 0 Å². The van der Waals surface area contributed by atoms with Crippen LogP contribution in [0.2, 0.25) is 0 Å². The maximum absolute atomic E-state index is 12.1. The first-order valence-electron chi connectivity index (χ1n) is 6.38. The van der Waals surface area contributed by atoms with Crippen molar-refractivity contribution in [2.75, 3.05) is 13.7 Å². The Labute approximate surface area is 123 Å². The average molecular weight is 293 g/mol. The molecule has 1 heterocycles. The summed E-state index contributed by atoms with van der Waals surface area (Å²) in [6.07, 6.45) is 0. The van der Waals surface area contributed by atoms with Crippen LogP contribution in [0, 0.1) is 6.92 Å². The van der Waals surface area contributed by atoms with Gasteiger partial charge in [0.2, 0.25) is 0 Å². The Morgan fingerprint density at radius 1 is 1.30 bits per heavy atom. The molecule has 0 aliphatic carbocycles. The van der Waals surface area contributed by atoms with Gasteiger partial charge in [-0.05, 0) is 13.0 Å². The summed E-state index contributed by atoms with van der Waals surface area (Å²) in [6, 6.07) is 9.76. The number of hydrogen-bond donors (Lipinski definition) is 0. The van der Waals surface area contributed by atoms with Crippen LogP contribution >= 0.6 is 11.6 Å². The first kappa shape index (κ1) is 14.8. The zero-order valence-corrected chi connectivity index (χ0v) is 12.4. The third kappa shape index (κ3) is 3.26. The Morgan fingerprint density at radius 3 is 2.60 bits per heavy atom. The van der Waals surface area contributed by atoms with Gasteiger partial charge in [-0.25, -0.2) is 4.68 Å². The van der Waals surface area contributed by atoms with Crippen molar-refractivity contribution in [2.45, 2.75) is 19.3 Å². The molecule has 0 saturated carbocycles. The number of aryl methyl sites for hydroxylation is 1. The minimum atomic E-state index is -0.159. The van der Waals surface area contributed by atoms with Crippen molar-refractivity contribution in [3.63, 3.8) is 0 Å². The van der Waals surface area contributed by atoms with Gasteiger partial charge < -0.3 is 4.74 Å². The van der Waals surface area contributed by atoms with Crippen molar-refractivity contribution in [3.8, 4) is 11.3 Å². The highest BCUT2D eigenvalue weighted by molar-refractivity contribution is 6.17. The van der Waals surface area contributed by atoms with Crippen LogP contribution in [0.1, 0.15) is 11.1 Å². The maximum Gasteiger partial charge on any atom is 0.271 e. The standard InChI is InChI=1S/C15H17ClN2O2/c1-11-3-5-12(6-4-11)14-9-13(10-16)15(19)18(17-14)7-8-20-2/h3-6,9H,7-8,10H2,1-2H3. The number of hydrogen-bond acceptors (Lipinski definition) is 3.